The number of rotatable bonds is 7. The van der Waals surface area contributed by atoms with Gasteiger partial charge in [0.25, 0.3) is 11.8 Å². The lowest BCUT2D eigenvalue weighted by atomic mass is 10.1. The molecule has 1 atom stereocenters. The van der Waals surface area contributed by atoms with Crippen LogP contribution in [-0.2, 0) is 14.3 Å². The van der Waals surface area contributed by atoms with E-state index in [9.17, 15) is 24.0 Å². The Labute approximate surface area is 175 Å². The third-order valence-corrected chi connectivity index (χ3v) is 4.42. The summed E-state index contributed by atoms with van der Waals surface area (Å²) < 4.78 is 5.19. The van der Waals surface area contributed by atoms with Gasteiger partial charge in [-0.05, 0) is 39.3 Å². The number of ketones is 1. The molecule has 0 spiro atoms. The molecule has 4 amide bonds. The molecule has 1 heterocycles. The number of carbonyl (C=O) groups excluding carboxylic acids is 5. The molecule has 9 nitrogen and oxygen atoms in total. The van der Waals surface area contributed by atoms with Crippen molar-refractivity contribution in [3.8, 4) is 0 Å². The Morgan fingerprint density at radius 2 is 1.60 bits per heavy atom. The first-order valence-electron chi connectivity index (χ1n) is 9.58. The van der Waals surface area contributed by atoms with Crippen LogP contribution in [-0.4, -0.2) is 71.7 Å². The molecule has 1 aliphatic heterocycles. The standard InChI is InChI=1S/C21H27N3O6/c1-21(2,3)30-20(29)22-15(10-11-17(26)23(4)5)16(25)12-24-18(27)13-8-6-7-9-14(13)19(24)28/h6-9,15H,10-12H2,1-5H3,(H,22,29)/t15-/m0/s1. The molecule has 9 heteroatoms. The molecule has 2 rings (SSSR count). The van der Waals surface area contributed by atoms with Gasteiger partial charge in [0.15, 0.2) is 5.78 Å². The number of nitrogens with zero attached hydrogens (tertiary/aromatic N) is 2. The molecular formula is C21H27N3O6. The second-order valence-corrected chi connectivity index (χ2v) is 8.23. The summed E-state index contributed by atoms with van der Waals surface area (Å²) in [6, 6.07) is 5.22. The van der Waals surface area contributed by atoms with Crippen molar-refractivity contribution in [2.75, 3.05) is 20.6 Å². The summed E-state index contributed by atoms with van der Waals surface area (Å²) in [7, 11) is 3.17. The number of amides is 4. The van der Waals surface area contributed by atoms with Gasteiger partial charge in [-0.25, -0.2) is 4.79 Å². The van der Waals surface area contributed by atoms with Crippen LogP contribution in [0.1, 0.15) is 54.3 Å². The molecule has 162 valence electrons. The lowest BCUT2D eigenvalue weighted by Crippen LogP contribution is -2.48. The summed E-state index contributed by atoms with van der Waals surface area (Å²) in [6.45, 7) is 4.52. The molecule has 1 aromatic carbocycles. The average molecular weight is 417 g/mol. The molecule has 0 radical (unpaired) electrons. The van der Waals surface area contributed by atoms with E-state index in [0.717, 1.165) is 4.90 Å². The summed E-state index contributed by atoms with van der Waals surface area (Å²) >= 11 is 0. The van der Waals surface area contributed by atoms with Gasteiger partial charge in [0.2, 0.25) is 5.91 Å². The number of nitrogens with one attached hydrogen (secondary N) is 1. The number of hydrogen-bond acceptors (Lipinski definition) is 6. The van der Waals surface area contributed by atoms with Gasteiger partial charge in [-0.2, -0.15) is 0 Å². The van der Waals surface area contributed by atoms with E-state index in [1.165, 1.54) is 17.0 Å². The van der Waals surface area contributed by atoms with Gasteiger partial charge in [0.1, 0.15) is 5.60 Å². The zero-order chi connectivity index (χ0) is 22.6. The normalized spacial score (nSPS) is 14.2. The van der Waals surface area contributed by atoms with Crippen LogP contribution < -0.4 is 5.32 Å². The lowest BCUT2D eigenvalue weighted by molar-refractivity contribution is -0.129. The Morgan fingerprint density at radius 1 is 1.07 bits per heavy atom. The molecule has 1 aromatic rings. The smallest absolute Gasteiger partial charge is 0.408 e. The van der Waals surface area contributed by atoms with Crippen molar-refractivity contribution >= 4 is 29.6 Å². The van der Waals surface area contributed by atoms with Gasteiger partial charge in [-0.15, -0.1) is 0 Å². The van der Waals surface area contributed by atoms with Crippen LogP contribution >= 0.6 is 0 Å². The number of Topliss-reactive ketones (excluding diaryl/α,β-unsaturated/α-hetero) is 1. The van der Waals surface area contributed by atoms with E-state index in [4.69, 9.17) is 4.74 Å². The Balaban J connectivity index is 2.13. The Hall–Kier alpha value is -3.23. The highest BCUT2D eigenvalue weighted by Crippen LogP contribution is 2.22. The van der Waals surface area contributed by atoms with E-state index in [2.05, 4.69) is 5.32 Å². The predicted molar refractivity (Wildman–Crippen MR) is 108 cm³/mol. The summed E-state index contributed by atoms with van der Waals surface area (Å²) in [5.74, 6) is -1.92. The van der Waals surface area contributed by atoms with Gasteiger partial charge < -0.3 is 15.0 Å². The van der Waals surface area contributed by atoms with Gasteiger partial charge >= 0.3 is 6.09 Å². The van der Waals surface area contributed by atoms with Gasteiger partial charge in [0.05, 0.1) is 23.7 Å². The third-order valence-electron chi connectivity index (χ3n) is 4.42. The first kappa shape index (κ1) is 23.1. The highest BCUT2D eigenvalue weighted by molar-refractivity contribution is 6.22. The SMILES string of the molecule is CN(C)C(=O)CC[C@H](NC(=O)OC(C)(C)C)C(=O)CN1C(=O)c2ccccc2C1=O. The average Bonchev–Trinajstić information content (AvgIpc) is 2.88. The monoisotopic (exact) mass is 417 g/mol. The summed E-state index contributed by atoms with van der Waals surface area (Å²) in [4.78, 5) is 64.2. The molecular weight excluding hydrogens is 390 g/mol. The molecule has 0 aliphatic carbocycles. The fraction of sp³-hybridized carbons (Fsp3) is 0.476. The molecule has 30 heavy (non-hydrogen) atoms. The number of hydrogen-bond donors (Lipinski definition) is 1. The number of imide groups is 1. The van der Waals surface area contributed by atoms with Crippen molar-refractivity contribution < 1.29 is 28.7 Å². The highest BCUT2D eigenvalue weighted by Gasteiger charge is 2.38. The fourth-order valence-corrected chi connectivity index (χ4v) is 2.90. The molecule has 0 fully saturated rings. The lowest BCUT2D eigenvalue weighted by Gasteiger charge is -2.24. The molecule has 0 bridgehead atoms. The van der Waals surface area contributed by atoms with Gasteiger partial charge in [0, 0.05) is 20.5 Å². The van der Waals surface area contributed by atoms with Crippen LogP contribution in [0, 0.1) is 0 Å². The maximum Gasteiger partial charge on any atom is 0.408 e. The zero-order valence-corrected chi connectivity index (χ0v) is 17.9. The minimum Gasteiger partial charge on any atom is -0.444 e. The van der Waals surface area contributed by atoms with Crippen molar-refractivity contribution in [3.05, 3.63) is 35.4 Å². The second kappa shape index (κ2) is 9.06. The van der Waals surface area contributed by atoms with E-state index >= 15 is 0 Å². The van der Waals surface area contributed by atoms with Gasteiger partial charge in [-0.3, -0.25) is 24.1 Å². The van der Waals surface area contributed by atoms with Crippen LogP contribution in [0.15, 0.2) is 24.3 Å². The van der Waals surface area contributed by atoms with Crippen molar-refractivity contribution in [3.63, 3.8) is 0 Å². The number of benzene rings is 1. The molecule has 1 aliphatic rings. The maximum atomic E-state index is 12.9. The largest absolute Gasteiger partial charge is 0.444 e. The fourth-order valence-electron chi connectivity index (χ4n) is 2.90. The molecule has 0 saturated carbocycles. The number of carbonyl (C=O) groups is 5. The second-order valence-electron chi connectivity index (χ2n) is 8.23. The van der Waals surface area contributed by atoms with Crippen LogP contribution in [0.4, 0.5) is 4.79 Å². The number of ether oxygens (including phenoxy) is 1. The van der Waals surface area contributed by atoms with Crippen molar-refractivity contribution in [1.29, 1.82) is 0 Å². The zero-order valence-electron chi connectivity index (χ0n) is 17.9. The van der Waals surface area contributed by atoms with Crippen LogP contribution in [0.3, 0.4) is 0 Å². The summed E-state index contributed by atoms with van der Waals surface area (Å²) in [6.07, 6.45) is -0.805. The topological polar surface area (TPSA) is 113 Å². The van der Waals surface area contributed by atoms with Crippen LogP contribution in [0.2, 0.25) is 0 Å². The first-order chi connectivity index (χ1) is 13.9. The maximum absolute atomic E-state index is 12.9. The van der Waals surface area contributed by atoms with E-state index < -0.39 is 41.9 Å². The van der Waals surface area contributed by atoms with Crippen molar-refractivity contribution in [2.45, 2.75) is 45.3 Å². The van der Waals surface area contributed by atoms with Crippen LogP contribution in [0.5, 0.6) is 0 Å². The van der Waals surface area contributed by atoms with Crippen molar-refractivity contribution in [2.24, 2.45) is 0 Å². The number of fused-ring (bicyclic) bond motifs is 1. The van der Waals surface area contributed by atoms with Gasteiger partial charge in [-0.1, -0.05) is 12.1 Å². The Bertz CT molecular complexity index is 837. The molecule has 0 saturated heterocycles. The molecule has 0 unspecified atom stereocenters. The number of alkyl carbamates (subject to hydrolysis) is 1. The molecule has 1 N–H and O–H groups in total. The van der Waals surface area contributed by atoms with E-state index in [-0.39, 0.29) is 29.9 Å². The predicted octanol–water partition coefficient (Wildman–Crippen LogP) is 1.61. The quantitative estimate of drug-likeness (QED) is 0.675. The Kier molecular flexibility index (Phi) is 6.96. The Morgan fingerprint density at radius 3 is 2.07 bits per heavy atom. The summed E-state index contributed by atoms with van der Waals surface area (Å²) in [5, 5.41) is 2.46. The minimum absolute atomic E-state index is 0.00131. The van der Waals surface area contributed by atoms with E-state index in [1.54, 1.807) is 47.0 Å². The van der Waals surface area contributed by atoms with Crippen LogP contribution in [0.25, 0.3) is 0 Å². The molecule has 0 aromatic heterocycles. The summed E-state index contributed by atoms with van der Waals surface area (Å²) in [5.41, 5.74) is -0.316. The highest BCUT2D eigenvalue weighted by atomic mass is 16.6. The third kappa shape index (κ3) is 5.65. The van der Waals surface area contributed by atoms with E-state index in [0.29, 0.717) is 0 Å². The van der Waals surface area contributed by atoms with Crippen molar-refractivity contribution in [1.82, 2.24) is 15.1 Å². The first-order valence-corrected chi connectivity index (χ1v) is 9.58. The minimum atomic E-state index is -1.09. The van der Waals surface area contributed by atoms with E-state index in [1.807, 2.05) is 0 Å².